The number of imidazole rings is 1. The second kappa shape index (κ2) is 12.6. The van der Waals surface area contributed by atoms with E-state index in [-0.39, 0.29) is 0 Å². The summed E-state index contributed by atoms with van der Waals surface area (Å²) in [5.74, 6) is 1.61. The van der Waals surface area contributed by atoms with E-state index in [9.17, 15) is 0 Å². The molecule has 7 aromatic carbocycles. The Hall–Kier alpha value is -6.69. The molecular formula is C47H30N4S. The van der Waals surface area contributed by atoms with E-state index in [1.165, 1.54) is 20.3 Å². The van der Waals surface area contributed by atoms with Gasteiger partial charge in [0, 0.05) is 48.1 Å². The molecule has 10 rings (SSSR count). The number of nitrogens with zero attached hydrogens (tertiary/aromatic N) is 4. The fourth-order valence-corrected chi connectivity index (χ4v) is 8.28. The molecule has 4 nitrogen and oxygen atoms in total. The standard InChI is InChI=1S/C47H30N4S/c1-4-14-31(15-5-1)33-18-12-19-34(28-33)41-30-40(32-16-6-2-7-17-32)48-46(49-41)37-22-13-25-44-45(37)38-29-35(26-27-43(38)52-44)47-50-39-23-10-11-24-42(39)51(47)36-20-8-3-9-21-36/h1-30H. The van der Waals surface area contributed by atoms with Crippen LogP contribution in [0, 0.1) is 0 Å². The number of thiophene rings is 1. The maximum absolute atomic E-state index is 5.31. The molecule has 0 atom stereocenters. The van der Waals surface area contributed by atoms with Crippen LogP contribution in [0.1, 0.15) is 0 Å². The molecule has 52 heavy (non-hydrogen) atoms. The molecule has 0 fully saturated rings. The van der Waals surface area contributed by atoms with Gasteiger partial charge in [0.05, 0.1) is 22.4 Å². The van der Waals surface area contributed by atoms with Crippen molar-refractivity contribution in [1.29, 1.82) is 0 Å². The number of rotatable bonds is 6. The van der Waals surface area contributed by atoms with E-state index in [4.69, 9.17) is 15.0 Å². The smallest absolute Gasteiger partial charge is 0.161 e. The van der Waals surface area contributed by atoms with Crippen LogP contribution in [0.5, 0.6) is 0 Å². The molecule has 0 aliphatic heterocycles. The molecule has 10 aromatic rings. The van der Waals surface area contributed by atoms with Crippen LogP contribution in [-0.4, -0.2) is 19.5 Å². The Morgan fingerprint density at radius 2 is 1.08 bits per heavy atom. The minimum absolute atomic E-state index is 0.702. The first-order chi connectivity index (χ1) is 25.8. The fraction of sp³-hybridized carbons (Fsp3) is 0. The van der Waals surface area contributed by atoms with Crippen molar-refractivity contribution in [3.8, 4) is 62.1 Å². The quantitative estimate of drug-likeness (QED) is 0.175. The lowest BCUT2D eigenvalue weighted by Crippen LogP contribution is -1.97. The summed E-state index contributed by atoms with van der Waals surface area (Å²) in [7, 11) is 0. The Morgan fingerprint density at radius 3 is 1.88 bits per heavy atom. The Labute approximate surface area is 305 Å². The number of fused-ring (bicyclic) bond motifs is 4. The van der Waals surface area contributed by atoms with E-state index in [1.54, 1.807) is 11.3 Å². The molecule has 3 aromatic heterocycles. The summed E-state index contributed by atoms with van der Waals surface area (Å²) in [6, 6.07) is 63.6. The van der Waals surface area contributed by atoms with Crippen molar-refractivity contribution in [1.82, 2.24) is 19.5 Å². The lowest BCUT2D eigenvalue weighted by molar-refractivity contribution is 1.10. The first kappa shape index (κ1) is 30.2. The van der Waals surface area contributed by atoms with Gasteiger partial charge in [-0.15, -0.1) is 11.3 Å². The van der Waals surface area contributed by atoms with Crippen LogP contribution in [0.25, 0.3) is 93.3 Å². The van der Waals surface area contributed by atoms with Crippen molar-refractivity contribution >= 4 is 42.5 Å². The molecule has 0 amide bonds. The number of hydrogen-bond donors (Lipinski definition) is 0. The molecule has 0 saturated carbocycles. The third-order valence-electron chi connectivity index (χ3n) is 9.63. The molecule has 0 N–H and O–H groups in total. The van der Waals surface area contributed by atoms with Gasteiger partial charge in [0.1, 0.15) is 5.82 Å². The zero-order valence-corrected chi connectivity index (χ0v) is 28.8. The molecule has 0 bridgehead atoms. The molecule has 0 saturated heterocycles. The summed E-state index contributed by atoms with van der Waals surface area (Å²) in [5.41, 5.74) is 11.4. The Morgan fingerprint density at radius 1 is 0.423 bits per heavy atom. The maximum Gasteiger partial charge on any atom is 0.161 e. The van der Waals surface area contributed by atoms with E-state index in [0.29, 0.717) is 5.82 Å². The summed E-state index contributed by atoms with van der Waals surface area (Å²) in [6.45, 7) is 0. The van der Waals surface area contributed by atoms with Crippen molar-refractivity contribution in [2.45, 2.75) is 0 Å². The van der Waals surface area contributed by atoms with Gasteiger partial charge in [0.2, 0.25) is 0 Å². The SMILES string of the molecule is c1ccc(-c2cccc(-c3cc(-c4ccccc4)nc(-c4cccc5sc6ccc(-c7nc8ccccc8n7-c7ccccc7)cc6c45)n3)c2)cc1. The molecular weight excluding hydrogens is 653 g/mol. The minimum atomic E-state index is 0.702. The highest BCUT2D eigenvalue weighted by molar-refractivity contribution is 7.26. The van der Waals surface area contributed by atoms with Gasteiger partial charge in [-0.2, -0.15) is 0 Å². The first-order valence-corrected chi connectivity index (χ1v) is 18.2. The van der Waals surface area contributed by atoms with Crippen LogP contribution in [-0.2, 0) is 0 Å². The monoisotopic (exact) mass is 682 g/mol. The Kier molecular flexibility index (Phi) is 7.29. The normalized spacial score (nSPS) is 11.5. The van der Waals surface area contributed by atoms with Crippen molar-refractivity contribution < 1.29 is 0 Å². The van der Waals surface area contributed by atoms with Crippen LogP contribution in [0.2, 0.25) is 0 Å². The van der Waals surface area contributed by atoms with E-state index in [0.717, 1.165) is 67.1 Å². The van der Waals surface area contributed by atoms with Crippen LogP contribution in [0.15, 0.2) is 182 Å². The van der Waals surface area contributed by atoms with Crippen LogP contribution < -0.4 is 0 Å². The van der Waals surface area contributed by atoms with Gasteiger partial charge in [0.25, 0.3) is 0 Å². The Bertz CT molecular complexity index is 2890. The highest BCUT2D eigenvalue weighted by atomic mass is 32.1. The molecule has 0 unspecified atom stereocenters. The third-order valence-corrected chi connectivity index (χ3v) is 10.8. The van der Waals surface area contributed by atoms with E-state index >= 15 is 0 Å². The van der Waals surface area contributed by atoms with E-state index < -0.39 is 0 Å². The average Bonchev–Trinajstić information content (AvgIpc) is 3.80. The minimum Gasteiger partial charge on any atom is -0.292 e. The van der Waals surface area contributed by atoms with E-state index in [1.807, 2.05) is 24.3 Å². The number of benzene rings is 7. The zero-order chi connectivity index (χ0) is 34.4. The van der Waals surface area contributed by atoms with Gasteiger partial charge < -0.3 is 0 Å². The van der Waals surface area contributed by atoms with Crippen molar-refractivity contribution in [3.63, 3.8) is 0 Å². The summed E-state index contributed by atoms with van der Waals surface area (Å²) in [6.07, 6.45) is 0. The third kappa shape index (κ3) is 5.27. The fourth-order valence-electron chi connectivity index (χ4n) is 7.17. The van der Waals surface area contributed by atoms with Gasteiger partial charge in [-0.3, -0.25) is 4.57 Å². The molecule has 0 aliphatic rings. The zero-order valence-electron chi connectivity index (χ0n) is 28.0. The number of para-hydroxylation sites is 3. The second-order valence-corrected chi connectivity index (χ2v) is 13.9. The van der Waals surface area contributed by atoms with Gasteiger partial charge in [-0.1, -0.05) is 121 Å². The van der Waals surface area contributed by atoms with Crippen molar-refractivity contribution in [2.75, 3.05) is 0 Å². The van der Waals surface area contributed by atoms with Crippen LogP contribution in [0.3, 0.4) is 0 Å². The lowest BCUT2D eigenvalue weighted by atomic mass is 10.00. The molecule has 3 heterocycles. The van der Waals surface area contributed by atoms with Gasteiger partial charge >= 0.3 is 0 Å². The Balaban J connectivity index is 1.18. The molecule has 244 valence electrons. The summed E-state index contributed by atoms with van der Waals surface area (Å²) >= 11 is 1.80. The molecule has 0 radical (unpaired) electrons. The molecule has 5 heteroatoms. The average molecular weight is 683 g/mol. The second-order valence-electron chi connectivity index (χ2n) is 12.9. The number of hydrogen-bond acceptors (Lipinski definition) is 4. The highest BCUT2D eigenvalue weighted by Gasteiger charge is 2.19. The lowest BCUT2D eigenvalue weighted by Gasteiger charge is -2.12. The van der Waals surface area contributed by atoms with Gasteiger partial charge in [-0.05, 0) is 71.8 Å². The predicted molar refractivity (Wildman–Crippen MR) is 217 cm³/mol. The van der Waals surface area contributed by atoms with Crippen molar-refractivity contribution in [3.05, 3.63) is 182 Å². The highest BCUT2D eigenvalue weighted by Crippen LogP contribution is 2.42. The van der Waals surface area contributed by atoms with Crippen LogP contribution in [0.4, 0.5) is 0 Å². The van der Waals surface area contributed by atoms with Gasteiger partial charge in [0.15, 0.2) is 5.82 Å². The summed E-state index contributed by atoms with van der Waals surface area (Å²) < 4.78 is 4.67. The summed E-state index contributed by atoms with van der Waals surface area (Å²) in [4.78, 5) is 15.7. The predicted octanol–water partition coefficient (Wildman–Crippen LogP) is 12.5. The molecule has 0 spiro atoms. The van der Waals surface area contributed by atoms with Gasteiger partial charge in [-0.25, -0.2) is 15.0 Å². The number of aromatic nitrogens is 4. The maximum atomic E-state index is 5.31. The first-order valence-electron chi connectivity index (χ1n) is 17.4. The topological polar surface area (TPSA) is 43.6 Å². The largest absolute Gasteiger partial charge is 0.292 e. The van der Waals surface area contributed by atoms with Crippen LogP contribution >= 0.6 is 11.3 Å². The van der Waals surface area contributed by atoms with E-state index in [2.05, 4.69) is 162 Å². The van der Waals surface area contributed by atoms with Crippen molar-refractivity contribution in [2.24, 2.45) is 0 Å². The summed E-state index contributed by atoms with van der Waals surface area (Å²) in [5, 5.41) is 2.32. The molecule has 0 aliphatic carbocycles.